The molecule has 0 aliphatic carbocycles. The summed E-state index contributed by atoms with van der Waals surface area (Å²) in [4.78, 5) is 26.4. The van der Waals surface area contributed by atoms with Crippen LogP contribution < -0.4 is 5.32 Å². The number of thiophene rings is 2. The van der Waals surface area contributed by atoms with Crippen LogP contribution in [-0.2, 0) is 23.0 Å². The van der Waals surface area contributed by atoms with E-state index in [2.05, 4.69) is 21.6 Å². The minimum absolute atomic E-state index is 0.142. The van der Waals surface area contributed by atoms with Crippen molar-refractivity contribution in [2.24, 2.45) is 7.05 Å². The van der Waals surface area contributed by atoms with Gasteiger partial charge in [0, 0.05) is 29.3 Å². The Morgan fingerprint density at radius 2 is 1.94 bits per heavy atom. The Morgan fingerprint density at radius 3 is 2.64 bits per heavy atom. The number of aryl methyl sites for hydroxylation is 1. The molecular formula is C23H22N4O3S3. The van der Waals surface area contributed by atoms with Crippen LogP contribution in [0.4, 0.5) is 5.00 Å². The fourth-order valence-corrected chi connectivity index (χ4v) is 5.59. The summed E-state index contributed by atoms with van der Waals surface area (Å²) in [5, 5.41) is 16.4. The molecule has 4 rings (SSSR count). The molecule has 1 amide bonds. The number of ether oxygens (including phenoxy) is 1. The van der Waals surface area contributed by atoms with Crippen molar-refractivity contribution in [3.8, 4) is 11.1 Å². The zero-order chi connectivity index (χ0) is 23.4. The van der Waals surface area contributed by atoms with Crippen molar-refractivity contribution in [3.05, 3.63) is 69.0 Å². The molecule has 1 aromatic carbocycles. The van der Waals surface area contributed by atoms with Crippen LogP contribution in [0.25, 0.3) is 11.1 Å². The van der Waals surface area contributed by atoms with E-state index in [0.717, 1.165) is 22.5 Å². The first-order chi connectivity index (χ1) is 16.0. The average Bonchev–Trinajstić information content (AvgIpc) is 3.55. The maximum absolute atomic E-state index is 12.7. The van der Waals surface area contributed by atoms with E-state index in [-0.39, 0.29) is 11.7 Å². The van der Waals surface area contributed by atoms with Crippen molar-refractivity contribution < 1.29 is 14.3 Å². The molecule has 0 saturated heterocycles. The number of anilines is 1. The molecule has 0 atom stereocenters. The molecule has 7 nitrogen and oxygen atoms in total. The molecular weight excluding hydrogens is 476 g/mol. The fourth-order valence-electron chi connectivity index (χ4n) is 3.19. The number of nitrogens with one attached hydrogen (secondary N) is 1. The first-order valence-electron chi connectivity index (χ1n) is 10.1. The number of aromatic nitrogens is 3. The maximum atomic E-state index is 12.7. The number of carbonyl (C=O) groups is 2. The van der Waals surface area contributed by atoms with Gasteiger partial charge in [-0.25, -0.2) is 4.79 Å². The minimum atomic E-state index is -0.485. The van der Waals surface area contributed by atoms with Crippen molar-refractivity contribution in [2.75, 3.05) is 18.2 Å². The van der Waals surface area contributed by atoms with Gasteiger partial charge in [0.1, 0.15) is 16.4 Å². The van der Waals surface area contributed by atoms with E-state index in [0.29, 0.717) is 22.1 Å². The van der Waals surface area contributed by atoms with E-state index < -0.39 is 5.97 Å². The Kier molecular flexibility index (Phi) is 7.26. The highest BCUT2D eigenvalue weighted by atomic mass is 32.2. The van der Waals surface area contributed by atoms with Crippen molar-refractivity contribution in [2.45, 2.75) is 18.5 Å². The predicted octanol–water partition coefficient (Wildman–Crippen LogP) is 5.02. The molecule has 33 heavy (non-hydrogen) atoms. The van der Waals surface area contributed by atoms with Gasteiger partial charge in [0.25, 0.3) is 0 Å². The van der Waals surface area contributed by atoms with E-state index in [9.17, 15) is 9.59 Å². The second-order valence-electron chi connectivity index (χ2n) is 7.26. The molecule has 0 saturated carbocycles. The van der Waals surface area contributed by atoms with Crippen LogP contribution >= 0.6 is 34.4 Å². The van der Waals surface area contributed by atoms with Gasteiger partial charge in [-0.3, -0.25) is 4.79 Å². The van der Waals surface area contributed by atoms with Crippen LogP contribution in [-0.4, -0.2) is 39.5 Å². The second kappa shape index (κ2) is 10.3. The van der Waals surface area contributed by atoms with E-state index >= 15 is 0 Å². The number of amides is 1. The number of hydrogen-bond acceptors (Lipinski definition) is 8. The largest absolute Gasteiger partial charge is 0.465 e. The molecule has 170 valence electrons. The number of methoxy groups -OCH3 is 1. The Labute approximate surface area is 203 Å². The topological polar surface area (TPSA) is 86.1 Å². The monoisotopic (exact) mass is 498 g/mol. The van der Waals surface area contributed by atoms with Crippen LogP contribution in [0.15, 0.2) is 52.3 Å². The molecule has 0 spiro atoms. The normalized spacial score (nSPS) is 10.9. The summed E-state index contributed by atoms with van der Waals surface area (Å²) in [5.74, 6) is 0.268. The lowest BCUT2D eigenvalue weighted by Gasteiger charge is -2.08. The quantitative estimate of drug-likeness (QED) is 0.271. The third kappa shape index (κ3) is 5.35. The SMILES string of the molecule is COC(=O)c1c(-c2ccc(C)cc2)csc1NC(=O)CSc1nnc(Cc2cccs2)n1C. The summed E-state index contributed by atoms with van der Waals surface area (Å²) in [6.45, 7) is 2.00. The number of benzene rings is 1. The Hall–Kier alpha value is -2.95. The lowest BCUT2D eigenvalue weighted by atomic mass is 10.0. The zero-order valence-electron chi connectivity index (χ0n) is 18.3. The predicted molar refractivity (Wildman–Crippen MR) is 133 cm³/mol. The van der Waals surface area contributed by atoms with Gasteiger partial charge in [0.2, 0.25) is 5.91 Å². The Morgan fingerprint density at radius 1 is 1.15 bits per heavy atom. The van der Waals surface area contributed by atoms with Crippen LogP contribution in [0.2, 0.25) is 0 Å². The lowest BCUT2D eigenvalue weighted by molar-refractivity contribution is -0.113. The molecule has 0 radical (unpaired) electrons. The third-order valence-electron chi connectivity index (χ3n) is 4.97. The third-order valence-corrected chi connectivity index (χ3v) is 7.76. The molecule has 4 aromatic rings. The van der Waals surface area contributed by atoms with Crippen LogP contribution in [0, 0.1) is 6.92 Å². The van der Waals surface area contributed by atoms with Gasteiger partial charge in [-0.15, -0.1) is 32.9 Å². The molecule has 0 fully saturated rings. The minimum Gasteiger partial charge on any atom is -0.465 e. The Balaban J connectivity index is 1.45. The highest BCUT2D eigenvalue weighted by Crippen LogP contribution is 2.36. The Bertz CT molecular complexity index is 1260. The van der Waals surface area contributed by atoms with Gasteiger partial charge in [0.05, 0.1) is 12.9 Å². The van der Waals surface area contributed by atoms with E-state index in [4.69, 9.17) is 4.74 Å². The first-order valence-corrected chi connectivity index (χ1v) is 12.8. The van der Waals surface area contributed by atoms with Crippen LogP contribution in [0.1, 0.15) is 26.6 Å². The van der Waals surface area contributed by atoms with E-state index in [1.165, 1.54) is 35.1 Å². The molecule has 0 aliphatic heterocycles. The van der Waals surface area contributed by atoms with E-state index in [1.54, 1.807) is 11.3 Å². The van der Waals surface area contributed by atoms with Crippen LogP contribution in [0.3, 0.4) is 0 Å². The summed E-state index contributed by atoms with van der Waals surface area (Å²) < 4.78 is 6.88. The maximum Gasteiger partial charge on any atom is 0.341 e. The highest BCUT2D eigenvalue weighted by Gasteiger charge is 2.22. The van der Waals surface area contributed by atoms with Gasteiger partial charge >= 0.3 is 5.97 Å². The highest BCUT2D eigenvalue weighted by molar-refractivity contribution is 7.99. The summed E-state index contributed by atoms with van der Waals surface area (Å²) in [6.07, 6.45) is 0.702. The van der Waals surface area contributed by atoms with Gasteiger partial charge in [-0.2, -0.15) is 0 Å². The smallest absolute Gasteiger partial charge is 0.341 e. The number of thioether (sulfide) groups is 1. The number of nitrogens with zero attached hydrogens (tertiary/aromatic N) is 3. The number of esters is 1. The molecule has 1 N–H and O–H groups in total. The molecule has 0 unspecified atom stereocenters. The van der Waals surface area contributed by atoms with Crippen molar-refractivity contribution in [1.29, 1.82) is 0 Å². The van der Waals surface area contributed by atoms with Gasteiger partial charge in [-0.05, 0) is 23.9 Å². The summed E-state index contributed by atoms with van der Waals surface area (Å²) in [7, 11) is 3.23. The van der Waals surface area contributed by atoms with Crippen molar-refractivity contribution in [1.82, 2.24) is 14.8 Å². The molecule has 3 heterocycles. The summed E-state index contributed by atoms with van der Waals surface area (Å²) in [5.41, 5.74) is 3.12. The van der Waals surface area contributed by atoms with Crippen molar-refractivity contribution >= 4 is 51.3 Å². The standard InChI is InChI=1S/C23H22N4O3S3/c1-14-6-8-15(9-7-14)17-12-32-21(20(17)22(29)30-3)24-19(28)13-33-23-26-25-18(27(23)2)11-16-5-4-10-31-16/h4-10,12H,11,13H2,1-3H3,(H,24,28). The van der Waals surface area contributed by atoms with Gasteiger partial charge in [0.15, 0.2) is 5.16 Å². The second-order valence-corrected chi connectivity index (χ2v) is 10.1. The number of carbonyl (C=O) groups excluding carboxylic acids is 2. The van der Waals surface area contributed by atoms with Gasteiger partial charge < -0.3 is 14.6 Å². The lowest BCUT2D eigenvalue weighted by Crippen LogP contribution is -2.16. The van der Waals surface area contributed by atoms with Crippen LogP contribution in [0.5, 0.6) is 0 Å². The van der Waals surface area contributed by atoms with Crippen molar-refractivity contribution in [3.63, 3.8) is 0 Å². The molecule has 0 bridgehead atoms. The number of rotatable bonds is 8. The number of hydrogen-bond donors (Lipinski definition) is 1. The molecule has 3 aromatic heterocycles. The zero-order valence-corrected chi connectivity index (χ0v) is 20.8. The van der Waals surface area contributed by atoms with Gasteiger partial charge in [-0.1, -0.05) is 47.7 Å². The molecule has 0 aliphatic rings. The first kappa shape index (κ1) is 23.2. The summed E-state index contributed by atoms with van der Waals surface area (Å²) in [6, 6.07) is 11.9. The summed E-state index contributed by atoms with van der Waals surface area (Å²) >= 11 is 4.28. The average molecular weight is 499 g/mol. The fraction of sp³-hybridized carbons (Fsp3) is 0.217. The van der Waals surface area contributed by atoms with E-state index in [1.807, 2.05) is 59.6 Å². The molecule has 10 heteroatoms.